The molecule has 0 aromatic heterocycles. The SMILES string of the molecule is CS(C)(C)c1ccc2c(c1)C1(c3ccccc3Oc3ccccc31)c1cc(N(c3ccc(-c4ccccc4)cc3)c3ccccc3-c3ccccc3)ccc1-2. The third kappa shape index (κ3) is 5.33. The van der Waals surface area contributed by atoms with Gasteiger partial charge in [0.2, 0.25) is 0 Å². The van der Waals surface area contributed by atoms with Gasteiger partial charge in [-0.05, 0) is 117 Å². The molecule has 8 aromatic rings. The molecule has 1 spiro atoms. The van der Waals surface area contributed by atoms with E-state index < -0.39 is 15.4 Å². The van der Waals surface area contributed by atoms with Crippen LogP contribution in [0.3, 0.4) is 0 Å². The zero-order chi connectivity index (χ0) is 37.1. The minimum absolute atomic E-state index is 0.575. The topological polar surface area (TPSA) is 12.5 Å². The number of ether oxygens (including phenoxy) is 1. The summed E-state index contributed by atoms with van der Waals surface area (Å²) in [6, 6.07) is 70.8. The fraction of sp³-hybridized carbons (Fsp3) is 0.0769. The fourth-order valence-electron chi connectivity index (χ4n) is 8.78. The van der Waals surface area contributed by atoms with E-state index in [0.29, 0.717) is 0 Å². The van der Waals surface area contributed by atoms with E-state index >= 15 is 0 Å². The Hall–Kier alpha value is -6.29. The highest BCUT2D eigenvalue weighted by Crippen LogP contribution is 2.64. The molecular formula is C52H41NOS. The summed E-state index contributed by atoms with van der Waals surface area (Å²) in [6.45, 7) is 0. The lowest BCUT2D eigenvalue weighted by Gasteiger charge is -2.40. The Morgan fingerprint density at radius 3 is 1.56 bits per heavy atom. The first kappa shape index (κ1) is 33.3. The van der Waals surface area contributed by atoms with Gasteiger partial charge in [0.1, 0.15) is 11.5 Å². The van der Waals surface area contributed by atoms with Crippen molar-refractivity contribution >= 4 is 27.1 Å². The van der Waals surface area contributed by atoms with Crippen LogP contribution in [0.25, 0.3) is 33.4 Å². The predicted molar refractivity (Wildman–Crippen MR) is 233 cm³/mol. The van der Waals surface area contributed by atoms with Crippen LogP contribution in [-0.4, -0.2) is 18.8 Å². The number of nitrogens with zero attached hydrogens (tertiary/aromatic N) is 1. The Bertz CT molecular complexity index is 2670. The minimum Gasteiger partial charge on any atom is -0.457 e. The van der Waals surface area contributed by atoms with Gasteiger partial charge in [-0.15, -0.1) is 0 Å². The minimum atomic E-state index is -1.01. The maximum Gasteiger partial charge on any atom is 0.132 e. The second-order valence-electron chi connectivity index (χ2n) is 15.3. The summed E-state index contributed by atoms with van der Waals surface area (Å²) < 4.78 is 6.72. The van der Waals surface area contributed by atoms with Gasteiger partial charge in [0.25, 0.3) is 0 Å². The summed E-state index contributed by atoms with van der Waals surface area (Å²) in [7, 11) is -1.01. The van der Waals surface area contributed by atoms with E-state index in [9.17, 15) is 0 Å². The molecule has 2 nitrogen and oxygen atoms in total. The molecule has 0 amide bonds. The molecule has 8 aromatic carbocycles. The third-order valence-corrected chi connectivity index (χ3v) is 13.0. The molecule has 3 heteroatoms. The van der Waals surface area contributed by atoms with Crippen LogP contribution in [0.4, 0.5) is 17.1 Å². The van der Waals surface area contributed by atoms with Gasteiger partial charge < -0.3 is 9.64 Å². The van der Waals surface area contributed by atoms with Crippen molar-refractivity contribution in [3.05, 3.63) is 216 Å². The van der Waals surface area contributed by atoms with Crippen LogP contribution in [0.5, 0.6) is 11.5 Å². The summed E-state index contributed by atoms with van der Waals surface area (Å²) in [4.78, 5) is 3.84. The van der Waals surface area contributed by atoms with Crippen molar-refractivity contribution in [1.82, 2.24) is 0 Å². The molecule has 0 saturated heterocycles. The molecule has 0 N–H and O–H groups in total. The van der Waals surface area contributed by atoms with Gasteiger partial charge >= 0.3 is 0 Å². The van der Waals surface area contributed by atoms with Crippen molar-refractivity contribution in [2.75, 3.05) is 23.7 Å². The van der Waals surface area contributed by atoms with E-state index in [2.05, 4.69) is 218 Å². The number of anilines is 3. The molecule has 0 bridgehead atoms. The Kier molecular flexibility index (Phi) is 7.83. The molecule has 55 heavy (non-hydrogen) atoms. The molecule has 0 atom stereocenters. The number of rotatable bonds is 6. The molecule has 10 rings (SSSR count). The number of hydrogen-bond donors (Lipinski definition) is 0. The first-order valence-corrected chi connectivity index (χ1v) is 21.7. The Balaban J connectivity index is 1.26. The zero-order valence-electron chi connectivity index (χ0n) is 31.2. The quantitative estimate of drug-likeness (QED) is 0.169. The maximum atomic E-state index is 6.72. The summed E-state index contributed by atoms with van der Waals surface area (Å²) in [5, 5.41) is 0. The Morgan fingerprint density at radius 1 is 0.400 bits per heavy atom. The van der Waals surface area contributed by atoms with E-state index in [-0.39, 0.29) is 0 Å². The molecule has 0 unspecified atom stereocenters. The standard InChI is InChI=1S/C52H41NOS/c1-55(2,3)41-31-33-44-43-32-30-40(34-47(43)52(48(44)35-41)45-21-11-14-24-50(45)54-51-25-15-12-22-46(51)52)53(39-28-26-37(27-29-39)36-16-6-4-7-17-36)49-23-13-10-20-42(49)38-18-8-5-9-19-38/h4-35H,1-3H3. The maximum absolute atomic E-state index is 6.72. The van der Waals surface area contributed by atoms with Crippen molar-refractivity contribution in [3.63, 3.8) is 0 Å². The van der Waals surface area contributed by atoms with Crippen molar-refractivity contribution in [2.24, 2.45) is 0 Å². The summed E-state index contributed by atoms with van der Waals surface area (Å²) >= 11 is 0. The molecule has 266 valence electrons. The smallest absolute Gasteiger partial charge is 0.132 e. The van der Waals surface area contributed by atoms with E-state index in [1.165, 1.54) is 60.5 Å². The predicted octanol–water partition coefficient (Wildman–Crippen LogP) is 14.0. The Morgan fingerprint density at radius 2 is 0.909 bits per heavy atom. The van der Waals surface area contributed by atoms with Gasteiger partial charge in [-0.3, -0.25) is 0 Å². The van der Waals surface area contributed by atoms with Crippen LogP contribution in [0.1, 0.15) is 22.3 Å². The lowest BCUT2D eigenvalue weighted by molar-refractivity contribution is 0.436. The molecule has 0 fully saturated rings. The lowest BCUT2D eigenvalue weighted by Crippen LogP contribution is -2.32. The van der Waals surface area contributed by atoms with E-state index in [0.717, 1.165) is 28.6 Å². The molecule has 0 radical (unpaired) electrons. The van der Waals surface area contributed by atoms with Crippen LogP contribution in [0, 0.1) is 0 Å². The number of fused-ring (bicyclic) bond motifs is 9. The first-order valence-electron chi connectivity index (χ1n) is 18.9. The number of hydrogen-bond acceptors (Lipinski definition) is 2. The van der Waals surface area contributed by atoms with Crippen LogP contribution in [-0.2, 0) is 5.41 Å². The monoisotopic (exact) mass is 727 g/mol. The van der Waals surface area contributed by atoms with Gasteiger partial charge in [-0.1, -0.05) is 140 Å². The molecule has 1 aliphatic heterocycles. The normalized spacial score (nSPS) is 13.6. The van der Waals surface area contributed by atoms with Gasteiger partial charge in [-0.2, -0.15) is 0 Å². The highest BCUT2D eigenvalue weighted by Gasteiger charge is 2.51. The van der Waals surface area contributed by atoms with Gasteiger partial charge in [0.05, 0.1) is 11.1 Å². The summed E-state index contributed by atoms with van der Waals surface area (Å²) in [5.41, 5.74) is 15.0. The Labute approximate surface area is 325 Å². The van der Waals surface area contributed by atoms with Crippen LogP contribution in [0.15, 0.2) is 199 Å². The number of benzene rings is 8. The number of para-hydroxylation sites is 3. The fourth-order valence-corrected chi connectivity index (χ4v) is 9.72. The summed E-state index contributed by atoms with van der Waals surface area (Å²) in [5.74, 6) is 1.81. The van der Waals surface area contributed by atoms with Crippen molar-refractivity contribution < 1.29 is 4.74 Å². The van der Waals surface area contributed by atoms with Gasteiger partial charge in [0.15, 0.2) is 0 Å². The zero-order valence-corrected chi connectivity index (χ0v) is 32.1. The average Bonchev–Trinajstić information content (AvgIpc) is 3.51. The van der Waals surface area contributed by atoms with Crippen LogP contribution >= 0.6 is 10.0 Å². The van der Waals surface area contributed by atoms with E-state index in [1.807, 2.05) is 0 Å². The van der Waals surface area contributed by atoms with Gasteiger partial charge in [-0.25, -0.2) is 10.0 Å². The van der Waals surface area contributed by atoms with Crippen LogP contribution < -0.4 is 9.64 Å². The second kappa shape index (κ2) is 12.9. The molecule has 0 saturated carbocycles. The van der Waals surface area contributed by atoms with Crippen molar-refractivity contribution in [2.45, 2.75) is 10.3 Å². The first-order chi connectivity index (χ1) is 26.9. The lowest BCUT2D eigenvalue weighted by atomic mass is 9.66. The second-order valence-corrected chi connectivity index (χ2v) is 19.4. The molecule has 2 aliphatic rings. The largest absolute Gasteiger partial charge is 0.457 e. The summed E-state index contributed by atoms with van der Waals surface area (Å²) in [6.07, 6.45) is 7.16. The molecule has 1 aliphatic carbocycles. The molecule has 1 heterocycles. The van der Waals surface area contributed by atoms with Crippen LogP contribution in [0.2, 0.25) is 0 Å². The van der Waals surface area contributed by atoms with Crippen molar-refractivity contribution in [3.8, 4) is 44.9 Å². The van der Waals surface area contributed by atoms with E-state index in [1.54, 1.807) is 0 Å². The van der Waals surface area contributed by atoms with Crippen molar-refractivity contribution in [1.29, 1.82) is 0 Å². The van der Waals surface area contributed by atoms with E-state index in [4.69, 9.17) is 4.74 Å². The molecular weight excluding hydrogens is 687 g/mol. The average molecular weight is 728 g/mol. The highest BCUT2D eigenvalue weighted by molar-refractivity contribution is 8.32. The third-order valence-electron chi connectivity index (χ3n) is 11.3. The van der Waals surface area contributed by atoms with Gasteiger partial charge in [0, 0.05) is 28.1 Å². The highest BCUT2D eigenvalue weighted by atomic mass is 32.3.